The molecule has 0 saturated heterocycles. The monoisotopic (exact) mass is 211 g/mol. The summed E-state index contributed by atoms with van der Waals surface area (Å²) in [5.41, 5.74) is 1.18. The first-order valence-corrected chi connectivity index (χ1v) is 5.79. The maximum absolute atomic E-state index is 5.53. The van der Waals surface area contributed by atoms with Crippen molar-refractivity contribution in [2.75, 3.05) is 0 Å². The van der Waals surface area contributed by atoms with E-state index in [-0.39, 0.29) is 0 Å². The summed E-state index contributed by atoms with van der Waals surface area (Å²) in [5, 5.41) is 5.88. The fourth-order valence-corrected chi connectivity index (χ4v) is 1.47. The van der Waals surface area contributed by atoms with Gasteiger partial charge in [0.05, 0.1) is 0 Å². The molecule has 0 fully saturated rings. The summed E-state index contributed by atoms with van der Waals surface area (Å²) in [6.07, 6.45) is 4.77. The molecule has 0 aliphatic rings. The number of nitrogens with two attached hydrogens (primary N) is 1. The standard InChI is InChI=1S/C10H17N3S/c1-4-9-5-12-10(13-6-9)7(2)8(3)14-11/h5-8H,4,11H2,1-3H3. The minimum absolute atomic E-state index is 0.302. The third-order valence-electron chi connectivity index (χ3n) is 2.46. The molecular weight excluding hydrogens is 194 g/mol. The third-order valence-corrected chi connectivity index (χ3v) is 3.30. The molecule has 0 bridgehead atoms. The molecule has 0 spiro atoms. The van der Waals surface area contributed by atoms with Gasteiger partial charge in [0, 0.05) is 23.6 Å². The molecule has 3 nitrogen and oxygen atoms in total. The van der Waals surface area contributed by atoms with E-state index in [1.54, 1.807) is 0 Å². The fraction of sp³-hybridized carbons (Fsp3) is 0.600. The molecule has 0 aromatic carbocycles. The predicted molar refractivity (Wildman–Crippen MR) is 61.1 cm³/mol. The van der Waals surface area contributed by atoms with Gasteiger partial charge in [-0.3, -0.25) is 5.14 Å². The molecule has 0 amide bonds. The Kier molecular flexibility index (Phi) is 4.35. The minimum atomic E-state index is 0.302. The molecular formula is C10H17N3S. The van der Waals surface area contributed by atoms with E-state index in [1.165, 1.54) is 17.5 Å². The third kappa shape index (κ3) is 2.69. The van der Waals surface area contributed by atoms with Crippen LogP contribution < -0.4 is 5.14 Å². The van der Waals surface area contributed by atoms with Crippen molar-refractivity contribution in [3.63, 3.8) is 0 Å². The van der Waals surface area contributed by atoms with Gasteiger partial charge in [0.15, 0.2) is 0 Å². The molecule has 1 aromatic heterocycles. The van der Waals surface area contributed by atoms with Crippen LogP contribution in [0.3, 0.4) is 0 Å². The quantitative estimate of drug-likeness (QED) is 0.775. The Morgan fingerprint density at radius 2 is 1.93 bits per heavy atom. The number of hydrogen-bond donors (Lipinski definition) is 1. The van der Waals surface area contributed by atoms with Gasteiger partial charge < -0.3 is 0 Å². The van der Waals surface area contributed by atoms with E-state index in [0.717, 1.165) is 12.2 Å². The predicted octanol–water partition coefficient (Wildman–Crippen LogP) is 2.14. The van der Waals surface area contributed by atoms with Gasteiger partial charge in [-0.2, -0.15) is 0 Å². The van der Waals surface area contributed by atoms with Crippen molar-refractivity contribution in [3.05, 3.63) is 23.8 Å². The average molecular weight is 211 g/mol. The highest BCUT2D eigenvalue weighted by molar-refractivity contribution is 7.97. The fourth-order valence-electron chi connectivity index (χ4n) is 1.11. The van der Waals surface area contributed by atoms with E-state index in [4.69, 9.17) is 5.14 Å². The molecule has 1 aromatic rings. The van der Waals surface area contributed by atoms with Crippen LogP contribution in [0.4, 0.5) is 0 Å². The van der Waals surface area contributed by atoms with Crippen LogP contribution in [-0.4, -0.2) is 15.2 Å². The second-order valence-corrected chi connectivity index (χ2v) is 4.45. The van der Waals surface area contributed by atoms with E-state index in [9.17, 15) is 0 Å². The number of hydrogen-bond acceptors (Lipinski definition) is 4. The molecule has 4 heteroatoms. The second kappa shape index (κ2) is 5.32. The number of rotatable bonds is 4. The Bertz CT molecular complexity index is 273. The van der Waals surface area contributed by atoms with Crippen LogP contribution in [-0.2, 0) is 6.42 Å². The van der Waals surface area contributed by atoms with Crippen LogP contribution in [0.5, 0.6) is 0 Å². The highest BCUT2D eigenvalue weighted by atomic mass is 32.2. The second-order valence-electron chi connectivity index (χ2n) is 3.43. The molecule has 0 aliphatic heterocycles. The van der Waals surface area contributed by atoms with Crippen molar-refractivity contribution in [1.29, 1.82) is 0 Å². The Morgan fingerprint density at radius 3 is 2.36 bits per heavy atom. The largest absolute Gasteiger partial charge is 0.278 e. The average Bonchev–Trinajstić information content (AvgIpc) is 2.27. The Morgan fingerprint density at radius 1 is 1.36 bits per heavy atom. The summed E-state index contributed by atoms with van der Waals surface area (Å²) in [6, 6.07) is 0. The van der Waals surface area contributed by atoms with Gasteiger partial charge in [-0.15, -0.1) is 0 Å². The lowest BCUT2D eigenvalue weighted by molar-refractivity contribution is 0.690. The first-order chi connectivity index (χ1) is 6.69. The van der Waals surface area contributed by atoms with Gasteiger partial charge in [-0.05, 0) is 12.0 Å². The molecule has 0 aliphatic carbocycles. The van der Waals surface area contributed by atoms with Crippen molar-refractivity contribution in [3.8, 4) is 0 Å². The van der Waals surface area contributed by atoms with E-state index in [0.29, 0.717) is 11.2 Å². The summed E-state index contributed by atoms with van der Waals surface area (Å²) < 4.78 is 0. The summed E-state index contributed by atoms with van der Waals surface area (Å²) >= 11 is 1.36. The highest BCUT2D eigenvalue weighted by Crippen LogP contribution is 2.21. The van der Waals surface area contributed by atoms with Gasteiger partial charge >= 0.3 is 0 Å². The summed E-state index contributed by atoms with van der Waals surface area (Å²) in [5.74, 6) is 1.18. The van der Waals surface area contributed by atoms with Crippen LogP contribution in [0.15, 0.2) is 12.4 Å². The maximum Gasteiger partial charge on any atom is 0.132 e. The summed E-state index contributed by atoms with van der Waals surface area (Å²) in [7, 11) is 0. The normalized spacial score (nSPS) is 15.1. The summed E-state index contributed by atoms with van der Waals surface area (Å²) in [6.45, 7) is 6.29. The van der Waals surface area contributed by atoms with Crippen molar-refractivity contribution < 1.29 is 0 Å². The molecule has 2 N–H and O–H groups in total. The molecule has 0 saturated carbocycles. The van der Waals surface area contributed by atoms with Gasteiger partial charge in [-0.25, -0.2) is 9.97 Å². The lowest BCUT2D eigenvalue weighted by Crippen LogP contribution is -2.13. The topological polar surface area (TPSA) is 51.8 Å². The SMILES string of the molecule is CCc1cnc(C(C)C(C)SN)nc1. The van der Waals surface area contributed by atoms with E-state index < -0.39 is 0 Å². The van der Waals surface area contributed by atoms with Crippen molar-refractivity contribution >= 4 is 11.9 Å². The minimum Gasteiger partial charge on any atom is -0.278 e. The Hall–Kier alpha value is -0.610. The van der Waals surface area contributed by atoms with E-state index in [1.807, 2.05) is 12.4 Å². The summed E-state index contributed by atoms with van der Waals surface area (Å²) in [4.78, 5) is 8.68. The van der Waals surface area contributed by atoms with Gasteiger partial charge in [0.25, 0.3) is 0 Å². The molecule has 1 rings (SSSR count). The van der Waals surface area contributed by atoms with Crippen molar-refractivity contribution in [1.82, 2.24) is 9.97 Å². The van der Waals surface area contributed by atoms with E-state index in [2.05, 4.69) is 30.7 Å². The first kappa shape index (κ1) is 11.5. The molecule has 78 valence electrons. The molecule has 1 heterocycles. The van der Waals surface area contributed by atoms with Crippen LogP contribution >= 0.6 is 11.9 Å². The molecule has 0 radical (unpaired) electrons. The number of aryl methyl sites for hydroxylation is 1. The maximum atomic E-state index is 5.53. The highest BCUT2D eigenvalue weighted by Gasteiger charge is 2.15. The van der Waals surface area contributed by atoms with Crippen LogP contribution in [0, 0.1) is 0 Å². The molecule has 2 unspecified atom stereocenters. The number of nitrogens with zero attached hydrogens (tertiary/aromatic N) is 2. The van der Waals surface area contributed by atoms with Crippen molar-refractivity contribution in [2.24, 2.45) is 5.14 Å². The number of aromatic nitrogens is 2. The zero-order valence-corrected chi connectivity index (χ0v) is 9.71. The zero-order valence-electron chi connectivity index (χ0n) is 8.90. The smallest absolute Gasteiger partial charge is 0.132 e. The van der Waals surface area contributed by atoms with Crippen LogP contribution in [0.2, 0.25) is 0 Å². The lowest BCUT2D eigenvalue weighted by Gasteiger charge is -2.15. The van der Waals surface area contributed by atoms with Crippen molar-refractivity contribution in [2.45, 2.75) is 38.4 Å². The Balaban J connectivity index is 2.75. The van der Waals surface area contributed by atoms with Crippen LogP contribution in [0.25, 0.3) is 0 Å². The lowest BCUT2D eigenvalue weighted by atomic mass is 10.1. The van der Waals surface area contributed by atoms with Gasteiger partial charge in [-0.1, -0.05) is 32.7 Å². The van der Waals surface area contributed by atoms with Gasteiger partial charge in [0.2, 0.25) is 0 Å². The van der Waals surface area contributed by atoms with E-state index >= 15 is 0 Å². The molecule has 2 atom stereocenters. The Labute approximate surface area is 89.7 Å². The zero-order chi connectivity index (χ0) is 10.6. The van der Waals surface area contributed by atoms with Gasteiger partial charge in [0.1, 0.15) is 5.82 Å². The van der Waals surface area contributed by atoms with Crippen LogP contribution in [0.1, 0.15) is 38.1 Å². The molecule has 14 heavy (non-hydrogen) atoms. The first-order valence-electron chi connectivity index (χ1n) is 4.85.